The van der Waals surface area contributed by atoms with Crippen LogP contribution in [-0.4, -0.2) is 24.0 Å². The van der Waals surface area contributed by atoms with E-state index < -0.39 is 5.91 Å². The molecule has 1 aromatic heterocycles. The number of hydrogen-bond donors (Lipinski definition) is 2. The molecule has 0 spiro atoms. The molecule has 0 radical (unpaired) electrons. The van der Waals surface area contributed by atoms with Crippen LogP contribution in [0.3, 0.4) is 0 Å². The van der Waals surface area contributed by atoms with Crippen molar-refractivity contribution in [2.24, 2.45) is 5.73 Å². The fourth-order valence-electron chi connectivity index (χ4n) is 4.01. The zero-order valence-electron chi connectivity index (χ0n) is 17.0. The van der Waals surface area contributed by atoms with E-state index in [2.05, 4.69) is 52.8 Å². The van der Waals surface area contributed by atoms with Crippen LogP contribution in [-0.2, 0) is 12.8 Å². The number of benzene rings is 2. The molecule has 1 aliphatic carbocycles. The van der Waals surface area contributed by atoms with Crippen LogP contribution in [0.25, 0.3) is 0 Å². The number of nitrogens with two attached hydrogens (primary N) is 1. The minimum absolute atomic E-state index is 0.370. The monoisotopic (exact) mass is 401 g/mol. The molecule has 3 aromatic rings. The molecule has 0 saturated heterocycles. The van der Waals surface area contributed by atoms with E-state index in [1.807, 2.05) is 6.07 Å². The number of rotatable bonds is 8. The first-order chi connectivity index (χ1) is 14.7. The minimum Gasteiger partial charge on any atom is -0.439 e. The number of pyridine rings is 1. The molecule has 5 heteroatoms. The van der Waals surface area contributed by atoms with Gasteiger partial charge >= 0.3 is 0 Å². The first-order valence-corrected chi connectivity index (χ1v) is 10.5. The van der Waals surface area contributed by atoms with Crippen LogP contribution >= 0.6 is 0 Å². The molecule has 0 fully saturated rings. The molecule has 0 bridgehead atoms. The highest BCUT2D eigenvalue weighted by molar-refractivity contribution is 5.92. The molecule has 1 heterocycles. The Labute approximate surface area is 177 Å². The Hall–Kier alpha value is -3.18. The molecular weight excluding hydrogens is 374 g/mol. The second-order valence-electron chi connectivity index (χ2n) is 7.74. The molecule has 3 N–H and O–H groups in total. The Bertz CT molecular complexity index is 987. The topological polar surface area (TPSA) is 77.2 Å². The molecule has 4 rings (SSSR count). The van der Waals surface area contributed by atoms with Crippen molar-refractivity contribution in [3.8, 4) is 11.6 Å². The first-order valence-electron chi connectivity index (χ1n) is 10.5. The summed E-state index contributed by atoms with van der Waals surface area (Å²) in [5, 5.41) is 3.63. The van der Waals surface area contributed by atoms with Gasteiger partial charge in [-0.2, -0.15) is 0 Å². The normalized spacial score (nSPS) is 15.4. The molecule has 0 saturated carbocycles. The largest absolute Gasteiger partial charge is 0.439 e. The van der Waals surface area contributed by atoms with Gasteiger partial charge < -0.3 is 15.8 Å². The van der Waals surface area contributed by atoms with Crippen molar-refractivity contribution in [1.82, 2.24) is 10.3 Å². The Morgan fingerprint density at radius 2 is 2.00 bits per heavy atom. The van der Waals surface area contributed by atoms with Gasteiger partial charge in [0.1, 0.15) is 5.75 Å². The summed E-state index contributed by atoms with van der Waals surface area (Å²) in [7, 11) is 0. The number of hydrogen-bond acceptors (Lipinski definition) is 4. The van der Waals surface area contributed by atoms with Gasteiger partial charge in [0.05, 0.1) is 5.56 Å². The lowest BCUT2D eigenvalue weighted by Crippen LogP contribution is -2.26. The van der Waals surface area contributed by atoms with E-state index in [1.54, 1.807) is 12.1 Å². The van der Waals surface area contributed by atoms with Crippen molar-refractivity contribution >= 4 is 5.91 Å². The maximum Gasteiger partial charge on any atom is 0.250 e. The highest BCUT2D eigenvalue weighted by atomic mass is 16.5. The van der Waals surface area contributed by atoms with Gasteiger partial charge in [-0.1, -0.05) is 36.4 Å². The number of aromatic nitrogens is 1. The number of ether oxygens (including phenoxy) is 1. The number of aryl methyl sites for hydroxylation is 1. The minimum atomic E-state index is -0.495. The molecule has 5 nitrogen and oxygen atoms in total. The molecule has 1 unspecified atom stereocenters. The summed E-state index contributed by atoms with van der Waals surface area (Å²) in [5.41, 5.74) is 9.76. The number of primary amides is 1. The predicted octanol–water partition coefficient (Wildman–Crippen LogP) is 4.23. The van der Waals surface area contributed by atoms with Gasteiger partial charge in [-0.25, -0.2) is 4.98 Å². The number of carbonyl (C=O) groups is 1. The van der Waals surface area contributed by atoms with Crippen LogP contribution in [0.15, 0.2) is 66.9 Å². The van der Waals surface area contributed by atoms with E-state index in [1.165, 1.54) is 35.7 Å². The maximum absolute atomic E-state index is 11.2. The van der Waals surface area contributed by atoms with Gasteiger partial charge in [-0.3, -0.25) is 4.79 Å². The summed E-state index contributed by atoms with van der Waals surface area (Å²) >= 11 is 0. The third kappa shape index (κ3) is 5.05. The van der Waals surface area contributed by atoms with Gasteiger partial charge in [0.25, 0.3) is 0 Å². The van der Waals surface area contributed by atoms with Crippen molar-refractivity contribution in [1.29, 1.82) is 0 Å². The van der Waals surface area contributed by atoms with Crippen molar-refractivity contribution in [2.75, 3.05) is 13.1 Å². The highest BCUT2D eigenvalue weighted by Crippen LogP contribution is 2.34. The smallest absolute Gasteiger partial charge is 0.250 e. The second kappa shape index (κ2) is 9.55. The van der Waals surface area contributed by atoms with Crippen molar-refractivity contribution in [2.45, 2.75) is 31.6 Å². The molecule has 2 aromatic carbocycles. The molecule has 0 aliphatic heterocycles. The van der Waals surface area contributed by atoms with Crippen LogP contribution < -0.4 is 15.8 Å². The standard InChI is InChI=1S/C25H27N3O2/c26-25(29)21-10-12-24(28-17-21)30-22-11-9-19-7-4-8-20(23(19)15-22)16-27-14-13-18-5-2-1-3-6-18/h1-3,5-6,9-12,15,17,20,27H,4,7-8,13-14,16H2,(H2,26,29). The van der Waals surface area contributed by atoms with E-state index >= 15 is 0 Å². The first kappa shape index (κ1) is 20.1. The summed E-state index contributed by atoms with van der Waals surface area (Å²) in [6, 6.07) is 20.2. The molecule has 1 aliphatic rings. The third-order valence-electron chi connectivity index (χ3n) is 5.62. The third-order valence-corrected chi connectivity index (χ3v) is 5.62. The lowest BCUT2D eigenvalue weighted by Gasteiger charge is -2.26. The average Bonchev–Trinajstić information content (AvgIpc) is 2.78. The van der Waals surface area contributed by atoms with Crippen LogP contribution in [0.5, 0.6) is 11.6 Å². The Balaban J connectivity index is 1.39. The van der Waals surface area contributed by atoms with E-state index in [0.29, 0.717) is 17.4 Å². The van der Waals surface area contributed by atoms with E-state index in [4.69, 9.17) is 10.5 Å². The highest BCUT2D eigenvalue weighted by Gasteiger charge is 2.20. The number of nitrogens with one attached hydrogen (secondary N) is 1. The van der Waals surface area contributed by atoms with Crippen molar-refractivity contribution < 1.29 is 9.53 Å². The van der Waals surface area contributed by atoms with Gasteiger partial charge in [0, 0.05) is 18.8 Å². The van der Waals surface area contributed by atoms with Crippen LogP contribution in [0.4, 0.5) is 0 Å². The summed E-state index contributed by atoms with van der Waals surface area (Å²) < 4.78 is 5.93. The van der Waals surface area contributed by atoms with Crippen molar-refractivity contribution in [3.63, 3.8) is 0 Å². The fourth-order valence-corrected chi connectivity index (χ4v) is 4.01. The summed E-state index contributed by atoms with van der Waals surface area (Å²) in [5.74, 6) is 1.21. The lowest BCUT2D eigenvalue weighted by molar-refractivity contribution is 0.1000. The molecular formula is C25H27N3O2. The van der Waals surface area contributed by atoms with E-state index in [-0.39, 0.29) is 0 Å². The quantitative estimate of drug-likeness (QED) is 0.554. The molecule has 1 atom stereocenters. The van der Waals surface area contributed by atoms with E-state index in [9.17, 15) is 4.79 Å². The second-order valence-corrected chi connectivity index (χ2v) is 7.74. The summed E-state index contributed by atoms with van der Waals surface area (Å²) in [6.07, 6.45) is 5.99. The fraction of sp³-hybridized carbons (Fsp3) is 0.280. The number of carbonyl (C=O) groups excluding carboxylic acids is 1. The molecule has 30 heavy (non-hydrogen) atoms. The zero-order valence-corrected chi connectivity index (χ0v) is 17.0. The van der Waals surface area contributed by atoms with Gasteiger partial charge in [0.15, 0.2) is 0 Å². The average molecular weight is 402 g/mol. The van der Waals surface area contributed by atoms with Gasteiger partial charge in [0.2, 0.25) is 11.8 Å². The van der Waals surface area contributed by atoms with Crippen LogP contribution in [0.1, 0.15) is 45.8 Å². The summed E-state index contributed by atoms with van der Waals surface area (Å²) in [4.78, 5) is 15.4. The van der Waals surface area contributed by atoms with Gasteiger partial charge in [-0.15, -0.1) is 0 Å². The lowest BCUT2D eigenvalue weighted by atomic mass is 9.82. The Kier molecular flexibility index (Phi) is 6.40. The number of amides is 1. The molecule has 1 amide bonds. The SMILES string of the molecule is NC(=O)c1ccc(Oc2ccc3c(c2)C(CNCCc2ccccc2)CCC3)nc1. The number of fused-ring (bicyclic) bond motifs is 1. The van der Waals surface area contributed by atoms with Crippen LogP contribution in [0, 0.1) is 0 Å². The maximum atomic E-state index is 11.2. The predicted molar refractivity (Wildman–Crippen MR) is 118 cm³/mol. The summed E-state index contributed by atoms with van der Waals surface area (Å²) in [6.45, 7) is 1.94. The van der Waals surface area contributed by atoms with E-state index in [0.717, 1.165) is 31.7 Å². The van der Waals surface area contributed by atoms with Gasteiger partial charge in [-0.05, 0) is 73.0 Å². The molecule has 154 valence electrons. The number of nitrogens with zero attached hydrogens (tertiary/aromatic N) is 1. The Morgan fingerprint density at radius 3 is 2.77 bits per heavy atom. The zero-order chi connectivity index (χ0) is 20.8. The van der Waals surface area contributed by atoms with Crippen LogP contribution in [0.2, 0.25) is 0 Å². The van der Waals surface area contributed by atoms with Crippen molar-refractivity contribution in [3.05, 3.63) is 89.1 Å². The Morgan fingerprint density at radius 1 is 1.13 bits per heavy atom.